The maximum absolute atomic E-state index is 12.1. The van der Waals surface area contributed by atoms with Crippen LogP contribution in [0.15, 0.2) is 23.1 Å². The summed E-state index contributed by atoms with van der Waals surface area (Å²) < 4.78 is 24.2. The van der Waals surface area contributed by atoms with E-state index in [1.54, 1.807) is 19.2 Å². The topological polar surface area (TPSA) is 66.5 Å². The van der Waals surface area contributed by atoms with Crippen LogP contribution in [0.1, 0.15) is 25.5 Å². The van der Waals surface area contributed by atoms with E-state index in [2.05, 4.69) is 5.32 Å². The van der Waals surface area contributed by atoms with Gasteiger partial charge in [0.25, 0.3) is 0 Å². The van der Waals surface area contributed by atoms with Gasteiger partial charge in [0.05, 0.1) is 16.7 Å². The zero-order chi connectivity index (χ0) is 15.1. The molecule has 0 radical (unpaired) electrons. The Bertz CT molecular complexity index is 643. The minimum absolute atomic E-state index is 0.0122. The van der Waals surface area contributed by atoms with E-state index in [9.17, 15) is 13.2 Å². The normalized spacial score (nSPS) is 19.8. The van der Waals surface area contributed by atoms with E-state index >= 15 is 0 Å². The van der Waals surface area contributed by atoms with Gasteiger partial charge >= 0.3 is 6.03 Å². The summed E-state index contributed by atoms with van der Waals surface area (Å²) >= 11 is 5.94. The third-order valence-corrected chi connectivity index (χ3v) is 5.27. The molecule has 0 saturated heterocycles. The first kappa shape index (κ1) is 15.1. The Morgan fingerprint density at radius 3 is 2.70 bits per heavy atom. The van der Waals surface area contributed by atoms with Crippen molar-refractivity contribution in [2.75, 3.05) is 12.8 Å². The fraction of sp³-hybridized carbons (Fsp3) is 0.462. The first-order valence-electron chi connectivity index (χ1n) is 6.28. The number of sulfone groups is 1. The summed E-state index contributed by atoms with van der Waals surface area (Å²) in [7, 11) is -1.77. The Hall–Kier alpha value is -1.27. The molecule has 110 valence electrons. The van der Waals surface area contributed by atoms with E-state index in [1.807, 2.05) is 13.8 Å². The van der Waals surface area contributed by atoms with Gasteiger partial charge in [-0.3, -0.25) is 0 Å². The lowest BCUT2D eigenvalue weighted by Crippen LogP contribution is -2.43. The molecule has 0 spiro atoms. The number of carbonyl (C=O) groups is 1. The largest absolute Gasteiger partial charge is 0.336 e. The summed E-state index contributed by atoms with van der Waals surface area (Å²) in [5.41, 5.74) is 0.582. The molecule has 20 heavy (non-hydrogen) atoms. The molecule has 0 aromatic heterocycles. The fourth-order valence-corrected chi connectivity index (χ4v) is 4.27. The molecule has 2 amide bonds. The molecule has 0 unspecified atom stereocenters. The maximum atomic E-state index is 12.1. The van der Waals surface area contributed by atoms with Crippen LogP contribution in [0.3, 0.4) is 0 Å². The molecule has 1 heterocycles. The number of benzene rings is 1. The van der Waals surface area contributed by atoms with Crippen LogP contribution in [0.25, 0.3) is 0 Å². The average molecular weight is 317 g/mol. The molecular formula is C13H17ClN2O3S. The molecule has 0 aliphatic carbocycles. The van der Waals surface area contributed by atoms with Crippen LogP contribution in [0.4, 0.5) is 4.79 Å². The van der Waals surface area contributed by atoms with Crippen molar-refractivity contribution in [2.24, 2.45) is 0 Å². The Balaban J connectivity index is 2.37. The predicted molar refractivity (Wildman–Crippen MR) is 77.7 cm³/mol. The number of fused-ring (bicyclic) bond motifs is 1. The molecule has 1 aliphatic rings. The lowest BCUT2D eigenvalue weighted by molar-refractivity contribution is 0.193. The highest BCUT2D eigenvalue weighted by atomic mass is 35.5. The number of rotatable bonds is 2. The van der Waals surface area contributed by atoms with Crippen molar-refractivity contribution in [1.29, 1.82) is 0 Å². The number of amides is 2. The van der Waals surface area contributed by atoms with Gasteiger partial charge in [0.1, 0.15) is 0 Å². The Morgan fingerprint density at radius 2 is 2.10 bits per heavy atom. The Labute approximate surface area is 123 Å². The minimum Gasteiger partial charge on any atom is -0.336 e. The number of nitrogens with zero attached hydrogens (tertiary/aromatic N) is 1. The molecule has 7 heteroatoms. The van der Waals surface area contributed by atoms with Crippen molar-refractivity contribution in [2.45, 2.75) is 30.8 Å². The van der Waals surface area contributed by atoms with Crippen LogP contribution in [0.5, 0.6) is 0 Å². The summed E-state index contributed by atoms with van der Waals surface area (Å²) in [6.07, 6.45) is 0. The van der Waals surface area contributed by atoms with E-state index in [0.29, 0.717) is 10.6 Å². The van der Waals surface area contributed by atoms with Crippen molar-refractivity contribution >= 4 is 27.5 Å². The van der Waals surface area contributed by atoms with Crippen LogP contribution in [0, 0.1) is 0 Å². The number of halogens is 1. The van der Waals surface area contributed by atoms with Gasteiger partial charge in [-0.15, -0.1) is 0 Å². The molecule has 0 saturated carbocycles. The molecular weight excluding hydrogens is 300 g/mol. The third-order valence-electron chi connectivity index (χ3n) is 3.24. The monoisotopic (exact) mass is 316 g/mol. The number of hydrogen-bond donors (Lipinski definition) is 1. The zero-order valence-corrected chi connectivity index (χ0v) is 13.1. The molecule has 0 bridgehead atoms. The molecule has 1 aromatic carbocycles. The van der Waals surface area contributed by atoms with Crippen molar-refractivity contribution in [3.63, 3.8) is 0 Å². The highest BCUT2D eigenvalue weighted by Gasteiger charge is 2.38. The molecule has 0 fully saturated rings. The second kappa shape index (κ2) is 5.26. The van der Waals surface area contributed by atoms with Crippen LogP contribution in [0.2, 0.25) is 5.02 Å². The van der Waals surface area contributed by atoms with Gasteiger partial charge in [0.15, 0.2) is 9.84 Å². The summed E-state index contributed by atoms with van der Waals surface area (Å²) in [5.74, 6) is -0.106. The van der Waals surface area contributed by atoms with E-state index < -0.39 is 15.9 Å². The van der Waals surface area contributed by atoms with Gasteiger partial charge in [-0.1, -0.05) is 11.6 Å². The number of carbonyl (C=O) groups excluding carboxylic acids is 1. The summed E-state index contributed by atoms with van der Waals surface area (Å²) in [4.78, 5) is 13.7. The summed E-state index contributed by atoms with van der Waals surface area (Å²) in [6, 6.07) is 3.85. The molecule has 2 rings (SSSR count). The predicted octanol–water partition coefficient (Wildman–Crippen LogP) is 2.22. The van der Waals surface area contributed by atoms with Crippen molar-refractivity contribution in [1.82, 2.24) is 10.2 Å². The van der Waals surface area contributed by atoms with E-state index in [1.165, 1.54) is 11.0 Å². The number of hydrogen-bond acceptors (Lipinski definition) is 3. The summed E-state index contributed by atoms with van der Waals surface area (Å²) in [5, 5.41) is 3.21. The second-order valence-electron chi connectivity index (χ2n) is 5.19. The standard InChI is InChI=1S/C13H17ClN2O3S/c1-8(2)15-13(17)16(3)11-7-20(18,19)12-5-4-9(14)6-10(11)12/h4-6,8,11H,7H2,1-3H3,(H,15,17)/t11-/m0/s1. The quantitative estimate of drug-likeness (QED) is 0.909. The second-order valence-corrected chi connectivity index (χ2v) is 7.63. The average Bonchev–Trinajstić information content (AvgIpc) is 2.59. The molecule has 1 N–H and O–H groups in total. The highest BCUT2D eigenvalue weighted by molar-refractivity contribution is 7.91. The van der Waals surface area contributed by atoms with Crippen LogP contribution in [-0.2, 0) is 9.84 Å². The van der Waals surface area contributed by atoms with Crippen molar-refractivity contribution < 1.29 is 13.2 Å². The SMILES string of the molecule is CC(C)NC(=O)N(C)[C@H]1CS(=O)(=O)c2ccc(Cl)cc21. The van der Waals surface area contributed by atoms with E-state index in [4.69, 9.17) is 11.6 Å². The molecule has 1 atom stereocenters. The zero-order valence-electron chi connectivity index (χ0n) is 11.6. The van der Waals surface area contributed by atoms with E-state index in [-0.39, 0.29) is 22.7 Å². The van der Waals surface area contributed by atoms with Gasteiger partial charge in [0, 0.05) is 18.1 Å². The van der Waals surface area contributed by atoms with Crippen molar-refractivity contribution in [3.05, 3.63) is 28.8 Å². The first-order valence-corrected chi connectivity index (χ1v) is 8.31. The van der Waals surface area contributed by atoms with Gasteiger partial charge < -0.3 is 10.2 Å². The van der Waals surface area contributed by atoms with Gasteiger partial charge in [0.2, 0.25) is 0 Å². The van der Waals surface area contributed by atoms with Gasteiger partial charge in [-0.05, 0) is 37.6 Å². The first-order chi connectivity index (χ1) is 9.22. The minimum atomic E-state index is -3.36. The van der Waals surface area contributed by atoms with Crippen LogP contribution >= 0.6 is 11.6 Å². The highest BCUT2D eigenvalue weighted by Crippen LogP contribution is 2.38. The Morgan fingerprint density at radius 1 is 1.45 bits per heavy atom. The lowest BCUT2D eigenvalue weighted by Gasteiger charge is -2.25. The van der Waals surface area contributed by atoms with Crippen LogP contribution < -0.4 is 5.32 Å². The molecule has 1 aromatic rings. The van der Waals surface area contributed by atoms with E-state index in [0.717, 1.165) is 0 Å². The number of nitrogens with one attached hydrogen (secondary N) is 1. The fourth-order valence-electron chi connectivity index (χ4n) is 2.26. The third kappa shape index (κ3) is 2.76. The van der Waals surface area contributed by atoms with Crippen LogP contribution in [-0.4, -0.2) is 38.2 Å². The Kier molecular flexibility index (Phi) is 3.97. The van der Waals surface area contributed by atoms with Gasteiger partial charge in [-0.2, -0.15) is 0 Å². The molecule has 1 aliphatic heterocycles. The number of urea groups is 1. The summed E-state index contributed by atoms with van der Waals surface area (Å²) in [6.45, 7) is 3.70. The van der Waals surface area contributed by atoms with Gasteiger partial charge in [-0.25, -0.2) is 13.2 Å². The smallest absolute Gasteiger partial charge is 0.317 e. The lowest BCUT2D eigenvalue weighted by atomic mass is 10.1. The maximum Gasteiger partial charge on any atom is 0.317 e. The van der Waals surface area contributed by atoms with Crippen molar-refractivity contribution in [3.8, 4) is 0 Å². The molecule has 5 nitrogen and oxygen atoms in total.